The van der Waals surface area contributed by atoms with Gasteiger partial charge in [-0.05, 0) is 31.6 Å². The molecule has 1 rings (SSSR count). The van der Waals surface area contributed by atoms with E-state index in [1.807, 2.05) is 6.92 Å². The van der Waals surface area contributed by atoms with E-state index in [9.17, 15) is 9.59 Å². The van der Waals surface area contributed by atoms with Crippen molar-refractivity contribution in [2.24, 2.45) is 0 Å². The molecule has 1 aromatic rings. The molecule has 118 valence electrons. The van der Waals surface area contributed by atoms with Gasteiger partial charge in [0.05, 0.1) is 6.54 Å². The quantitative estimate of drug-likeness (QED) is 0.755. The predicted molar refractivity (Wildman–Crippen MR) is 79.2 cm³/mol. The van der Waals surface area contributed by atoms with E-state index in [-0.39, 0.29) is 18.2 Å². The van der Waals surface area contributed by atoms with E-state index < -0.39 is 5.97 Å². The molecule has 0 fully saturated rings. The van der Waals surface area contributed by atoms with Crippen LogP contribution in [-0.2, 0) is 11.3 Å². The van der Waals surface area contributed by atoms with Gasteiger partial charge >= 0.3 is 5.97 Å². The van der Waals surface area contributed by atoms with Crippen LogP contribution >= 0.6 is 0 Å². The first kappa shape index (κ1) is 17.2. The lowest BCUT2D eigenvalue weighted by atomic mass is 10.3. The van der Waals surface area contributed by atoms with Gasteiger partial charge < -0.3 is 14.4 Å². The number of nitrogens with zero attached hydrogens (tertiary/aromatic N) is 2. The monoisotopic (exact) mass is 296 g/mol. The lowest BCUT2D eigenvalue weighted by Crippen LogP contribution is -2.36. The minimum atomic E-state index is -1.02. The molecular formula is C15H24N2O4. The topological polar surface area (TPSA) is 74.0 Å². The highest BCUT2D eigenvalue weighted by atomic mass is 16.4. The van der Waals surface area contributed by atoms with Crippen LogP contribution in [0.1, 0.15) is 43.5 Å². The van der Waals surface area contributed by atoms with Crippen LogP contribution in [0.4, 0.5) is 0 Å². The molecule has 0 aliphatic rings. The molecule has 0 radical (unpaired) electrons. The van der Waals surface area contributed by atoms with Crippen molar-refractivity contribution < 1.29 is 19.1 Å². The van der Waals surface area contributed by atoms with Gasteiger partial charge in [0, 0.05) is 6.54 Å². The highest BCUT2D eigenvalue weighted by Gasteiger charge is 2.21. The van der Waals surface area contributed by atoms with E-state index in [1.165, 1.54) is 4.90 Å². The van der Waals surface area contributed by atoms with Gasteiger partial charge in [0.2, 0.25) is 0 Å². The Bertz CT molecular complexity index is 466. The molecular weight excluding hydrogens is 272 g/mol. The Morgan fingerprint density at radius 3 is 2.38 bits per heavy atom. The first-order valence-electron chi connectivity index (χ1n) is 7.33. The Morgan fingerprint density at radius 2 is 1.86 bits per heavy atom. The summed E-state index contributed by atoms with van der Waals surface area (Å²) < 4.78 is 5.56. The van der Waals surface area contributed by atoms with Crippen LogP contribution in [0.5, 0.6) is 0 Å². The van der Waals surface area contributed by atoms with E-state index >= 15 is 0 Å². The van der Waals surface area contributed by atoms with Gasteiger partial charge in [-0.3, -0.25) is 14.5 Å². The summed E-state index contributed by atoms with van der Waals surface area (Å²) in [6.45, 7) is 8.57. The Kier molecular flexibility index (Phi) is 6.94. The molecule has 1 amide bonds. The number of aliphatic carboxylic acids is 1. The SMILES string of the molecule is CCCN(CC(=O)O)C(=O)c1ccc(CN(CC)CC)o1. The maximum Gasteiger partial charge on any atom is 0.323 e. The lowest BCUT2D eigenvalue weighted by Gasteiger charge is -2.18. The number of carbonyl (C=O) groups is 2. The number of hydrogen-bond donors (Lipinski definition) is 1. The zero-order valence-electron chi connectivity index (χ0n) is 13.0. The van der Waals surface area contributed by atoms with Crippen molar-refractivity contribution in [2.75, 3.05) is 26.2 Å². The number of amides is 1. The molecule has 0 atom stereocenters. The van der Waals surface area contributed by atoms with Crippen molar-refractivity contribution in [3.8, 4) is 0 Å². The summed E-state index contributed by atoms with van der Waals surface area (Å²) in [5.74, 6) is -0.475. The van der Waals surface area contributed by atoms with Gasteiger partial charge in [-0.2, -0.15) is 0 Å². The average molecular weight is 296 g/mol. The zero-order chi connectivity index (χ0) is 15.8. The van der Waals surface area contributed by atoms with Gasteiger partial charge in [-0.25, -0.2) is 0 Å². The lowest BCUT2D eigenvalue weighted by molar-refractivity contribution is -0.137. The van der Waals surface area contributed by atoms with E-state index in [0.29, 0.717) is 25.3 Å². The molecule has 0 unspecified atom stereocenters. The van der Waals surface area contributed by atoms with Crippen LogP contribution in [0, 0.1) is 0 Å². The fourth-order valence-corrected chi connectivity index (χ4v) is 2.09. The largest absolute Gasteiger partial charge is 0.480 e. The second-order valence-corrected chi connectivity index (χ2v) is 4.85. The maximum absolute atomic E-state index is 12.3. The highest BCUT2D eigenvalue weighted by molar-refractivity contribution is 5.93. The van der Waals surface area contributed by atoms with Crippen molar-refractivity contribution in [2.45, 2.75) is 33.7 Å². The Morgan fingerprint density at radius 1 is 1.19 bits per heavy atom. The molecule has 0 spiro atoms. The number of rotatable bonds is 9. The molecule has 0 aliphatic carbocycles. The van der Waals surface area contributed by atoms with Gasteiger partial charge in [-0.1, -0.05) is 20.8 Å². The molecule has 6 nitrogen and oxygen atoms in total. The molecule has 0 saturated carbocycles. The van der Waals surface area contributed by atoms with Gasteiger partial charge in [-0.15, -0.1) is 0 Å². The number of furan rings is 1. The van der Waals surface area contributed by atoms with Crippen molar-refractivity contribution in [3.05, 3.63) is 23.7 Å². The molecule has 0 bridgehead atoms. The fourth-order valence-electron chi connectivity index (χ4n) is 2.09. The smallest absolute Gasteiger partial charge is 0.323 e. The third-order valence-corrected chi connectivity index (χ3v) is 3.25. The summed E-state index contributed by atoms with van der Waals surface area (Å²) >= 11 is 0. The van der Waals surface area contributed by atoms with Crippen molar-refractivity contribution in [3.63, 3.8) is 0 Å². The zero-order valence-corrected chi connectivity index (χ0v) is 13.0. The first-order chi connectivity index (χ1) is 10.0. The van der Waals surface area contributed by atoms with Crippen LogP contribution in [0.25, 0.3) is 0 Å². The standard InChI is InChI=1S/C15H24N2O4/c1-4-9-17(11-14(18)19)15(20)13-8-7-12(21-13)10-16(5-2)6-3/h7-8H,4-6,9-11H2,1-3H3,(H,18,19). The third kappa shape index (κ3) is 5.23. The van der Waals surface area contributed by atoms with Crippen LogP contribution in [0.2, 0.25) is 0 Å². The Balaban J connectivity index is 2.77. The predicted octanol–water partition coefficient (Wildman–Crippen LogP) is 2.06. The number of carbonyl (C=O) groups excluding carboxylic acids is 1. The van der Waals surface area contributed by atoms with Gasteiger partial charge in [0.15, 0.2) is 5.76 Å². The second kappa shape index (κ2) is 8.46. The summed E-state index contributed by atoms with van der Waals surface area (Å²) in [5.41, 5.74) is 0. The molecule has 1 N–H and O–H groups in total. The summed E-state index contributed by atoms with van der Waals surface area (Å²) in [5, 5.41) is 8.86. The van der Waals surface area contributed by atoms with Gasteiger partial charge in [0.1, 0.15) is 12.3 Å². The average Bonchev–Trinajstić information content (AvgIpc) is 2.91. The van der Waals surface area contributed by atoms with Crippen LogP contribution in [0.15, 0.2) is 16.5 Å². The third-order valence-electron chi connectivity index (χ3n) is 3.25. The Hall–Kier alpha value is -1.82. The van der Waals surface area contributed by atoms with E-state index in [0.717, 1.165) is 13.1 Å². The van der Waals surface area contributed by atoms with Crippen LogP contribution in [0.3, 0.4) is 0 Å². The Labute approximate surface area is 125 Å². The normalized spacial score (nSPS) is 10.9. The number of hydrogen-bond acceptors (Lipinski definition) is 4. The highest BCUT2D eigenvalue weighted by Crippen LogP contribution is 2.13. The first-order valence-corrected chi connectivity index (χ1v) is 7.33. The molecule has 0 aliphatic heterocycles. The van der Waals surface area contributed by atoms with E-state index in [1.54, 1.807) is 12.1 Å². The second-order valence-electron chi connectivity index (χ2n) is 4.85. The molecule has 6 heteroatoms. The summed E-state index contributed by atoms with van der Waals surface area (Å²) in [6, 6.07) is 3.39. The van der Waals surface area contributed by atoms with Crippen molar-refractivity contribution in [1.29, 1.82) is 0 Å². The molecule has 21 heavy (non-hydrogen) atoms. The molecule has 0 saturated heterocycles. The summed E-state index contributed by atoms with van der Waals surface area (Å²) in [7, 11) is 0. The summed E-state index contributed by atoms with van der Waals surface area (Å²) in [4.78, 5) is 26.6. The van der Waals surface area contributed by atoms with Crippen LogP contribution < -0.4 is 0 Å². The molecule has 1 heterocycles. The summed E-state index contributed by atoms with van der Waals surface area (Å²) in [6.07, 6.45) is 0.700. The number of carboxylic acid groups (broad SMARTS) is 1. The fraction of sp³-hybridized carbons (Fsp3) is 0.600. The van der Waals surface area contributed by atoms with E-state index in [4.69, 9.17) is 9.52 Å². The van der Waals surface area contributed by atoms with Crippen LogP contribution in [-0.4, -0.2) is 53.0 Å². The minimum absolute atomic E-state index is 0.201. The maximum atomic E-state index is 12.3. The van der Waals surface area contributed by atoms with E-state index in [2.05, 4.69) is 18.7 Å². The molecule has 1 aromatic heterocycles. The van der Waals surface area contributed by atoms with Crippen molar-refractivity contribution >= 4 is 11.9 Å². The molecule has 0 aromatic carbocycles. The van der Waals surface area contributed by atoms with Gasteiger partial charge in [0.25, 0.3) is 5.91 Å². The number of carboxylic acids is 1. The van der Waals surface area contributed by atoms with Crippen molar-refractivity contribution in [1.82, 2.24) is 9.80 Å². The minimum Gasteiger partial charge on any atom is -0.480 e.